The van der Waals surface area contributed by atoms with Gasteiger partial charge in [0.1, 0.15) is 0 Å². The molecule has 1 amide bonds. The fraction of sp³-hybridized carbons (Fsp3) is 0.917. The molecule has 1 fully saturated rings. The predicted octanol–water partition coefficient (Wildman–Crippen LogP) is 0.604. The van der Waals surface area contributed by atoms with E-state index in [1.54, 1.807) is 0 Å². The summed E-state index contributed by atoms with van der Waals surface area (Å²) < 4.78 is 0. The summed E-state index contributed by atoms with van der Waals surface area (Å²) >= 11 is 0. The lowest BCUT2D eigenvalue weighted by Crippen LogP contribution is -2.43. The molecule has 0 heterocycles. The lowest BCUT2D eigenvalue weighted by Gasteiger charge is -2.34. The molecule has 1 atom stereocenters. The molecule has 0 radical (unpaired) electrons. The number of nitrogens with one attached hydrogen (secondary N) is 1. The number of nitrogens with zero attached hydrogens (tertiary/aromatic N) is 1. The molecule has 1 saturated carbocycles. The molecule has 0 aromatic rings. The first-order chi connectivity index (χ1) is 7.51. The minimum absolute atomic E-state index is 0.0942. The van der Waals surface area contributed by atoms with Crippen molar-refractivity contribution < 1.29 is 9.90 Å². The number of rotatable bonds is 6. The zero-order valence-corrected chi connectivity index (χ0v) is 10.6. The summed E-state index contributed by atoms with van der Waals surface area (Å²) in [5, 5.41) is 12.1. The molecule has 1 aliphatic rings. The van der Waals surface area contributed by atoms with Crippen molar-refractivity contribution in [3.63, 3.8) is 0 Å². The maximum absolute atomic E-state index is 11.6. The molecule has 16 heavy (non-hydrogen) atoms. The van der Waals surface area contributed by atoms with Crippen molar-refractivity contribution in [2.24, 2.45) is 5.92 Å². The largest absolute Gasteiger partial charge is 0.393 e. The monoisotopic (exact) mass is 228 g/mol. The van der Waals surface area contributed by atoms with Crippen LogP contribution in [-0.2, 0) is 4.79 Å². The van der Waals surface area contributed by atoms with E-state index in [0.717, 1.165) is 25.8 Å². The lowest BCUT2D eigenvalue weighted by atomic mass is 9.82. The highest BCUT2D eigenvalue weighted by molar-refractivity contribution is 5.78. The summed E-state index contributed by atoms with van der Waals surface area (Å²) in [5.41, 5.74) is 0. The van der Waals surface area contributed by atoms with Crippen molar-refractivity contribution in [2.45, 2.75) is 45.3 Å². The van der Waals surface area contributed by atoms with Gasteiger partial charge in [0.25, 0.3) is 0 Å². The summed E-state index contributed by atoms with van der Waals surface area (Å²) in [6, 6.07) is 0.256. The molecular weight excluding hydrogens is 204 g/mol. The first-order valence-electron chi connectivity index (χ1n) is 6.17. The zero-order chi connectivity index (χ0) is 12.1. The van der Waals surface area contributed by atoms with Crippen molar-refractivity contribution in [1.29, 1.82) is 0 Å². The standard InChI is InChI=1S/C12H24N2O2/c1-4-9(2)13-12(16)8-14(3)7-10-5-11(15)6-10/h9-11,15H,4-8H2,1-3H3,(H,13,16). The molecule has 4 heteroatoms. The molecule has 2 N–H and O–H groups in total. The number of carbonyl (C=O) groups is 1. The van der Waals surface area contributed by atoms with Crippen LogP contribution >= 0.6 is 0 Å². The molecule has 1 rings (SSSR count). The van der Waals surface area contributed by atoms with Crippen molar-refractivity contribution >= 4 is 5.91 Å². The summed E-state index contributed by atoms with van der Waals surface area (Å²) in [6.07, 6.45) is 2.63. The zero-order valence-electron chi connectivity index (χ0n) is 10.6. The Bertz CT molecular complexity index is 227. The molecule has 1 unspecified atom stereocenters. The summed E-state index contributed by atoms with van der Waals surface area (Å²) in [7, 11) is 1.96. The van der Waals surface area contributed by atoms with Crippen LogP contribution in [0.5, 0.6) is 0 Å². The maximum atomic E-state index is 11.6. The second-order valence-electron chi connectivity index (χ2n) is 5.06. The average Bonchev–Trinajstić information content (AvgIpc) is 2.14. The molecule has 0 bridgehead atoms. The van der Waals surface area contributed by atoms with Gasteiger partial charge in [-0.05, 0) is 39.2 Å². The second-order valence-corrected chi connectivity index (χ2v) is 5.06. The third kappa shape index (κ3) is 4.49. The van der Waals surface area contributed by atoms with Gasteiger partial charge >= 0.3 is 0 Å². The van der Waals surface area contributed by atoms with E-state index in [9.17, 15) is 4.79 Å². The Hall–Kier alpha value is -0.610. The van der Waals surface area contributed by atoms with Gasteiger partial charge in [0.15, 0.2) is 0 Å². The van der Waals surface area contributed by atoms with E-state index >= 15 is 0 Å². The van der Waals surface area contributed by atoms with E-state index in [-0.39, 0.29) is 18.1 Å². The Balaban J connectivity index is 2.13. The topological polar surface area (TPSA) is 52.6 Å². The Morgan fingerprint density at radius 1 is 1.56 bits per heavy atom. The number of hydrogen-bond donors (Lipinski definition) is 2. The molecule has 4 nitrogen and oxygen atoms in total. The van der Waals surface area contributed by atoms with Crippen LogP contribution < -0.4 is 5.32 Å². The van der Waals surface area contributed by atoms with Gasteiger partial charge in [0.2, 0.25) is 5.91 Å². The Labute approximate surface area is 98.0 Å². The van der Waals surface area contributed by atoms with Crippen molar-refractivity contribution in [3.05, 3.63) is 0 Å². The van der Waals surface area contributed by atoms with Gasteiger partial charge in [-0.15, -0.1) is 0 Å². The van der Waals surface area contributed by atoms with E-state index in [2.05, 4.69) is 12.2 Å². The van der Waals surface area contributed by atoms with Crippen LogP contribution in [0.3, 0.4) is 0 Å². The van der Waals surface area contributed by atoms with Gasteiger partial charge in [-0.25, -0.2) is 0 Å². The quantitative estimate of drug-likeness (QED) is 0.700. The average molecular weight is 228 g/mol. The molecule has 0 spiro atoms. The third-order valence-electron chi connectivity index (χ3n) is 3.21. The van der Waals surface area contributed by atoms with Gasteiger partial charge in [-0.2, -0.15) is 0 Å². The van der Waals surface area contributed by atoms with Gasteiger partial charge < -0.3 is 10.4 Å². The molecule has 94 valence electrons. The van der Waals surface area contributed by atoms with Crippen LogP contribution in [0.1, 0.15) is 33.1 Å². The number of aliphatic hydroxyl groups is 1. The van der Waals surface area contributed by atoms with Gasteiger partial charge in [-0.3, -0.25) is 9.69 Å². The summed E-state index contributed by atoms with van der Waals surface area (Å²) in [5.74, 6) is 0.660. The van der Waals surface area contributed by atoms with Gasteiger partial charge in [-0.1, -0.05) is 6.92 Å². The molecule has 1 aliphatic carbocycles. The number of amides is 1. The minimum Gasteiger partial charge on any atom is -0.393 e. The molecule has 0 aromatic heterocycles. The SMILES string of the molecule is CCC(C)NC(=O)CN(C)CC1CC(O)C1. The molecule has 0 aromatic carbocycles. The first kappa shape index (κ1) is 13.5. The third-order valence-corrected chi connectivity index (χ3v) is 3.21. The minimum atomic E-state index is -0.104. The number of aliphatic hydroxyl groups excluding tert-OH is 1. The smallest absolute Gasteiger partial charge is 0.234 e. The van der Waals surface area contributed by atoms with E-state index in [1.165, 1.54) is 0 Å². The van der Waals surface area contributed by atoms with Crippen LogP contribution in [0, 0.1) is 5.92 Å². The highest BCUT2D eigenvalue weighted by Crippen LogP contribution is 2.27. The van der Waals surface area contributed by atoms with Crippen molar-refractivity contribution in [2.75, 3.05) is 20.1 Å². The van der Waals surface area contributed by atoms with Crippen LogP contribution in [0.25, 0.3) is 0 Å². The summed E-state index contributed by atoms with van der Waals surface area (Å²) in [4.78, 5) is 13.6. The highest BCUT2D eigenvalue weighted by atomic mass is 16.3. The van der Waals surface area contributed by atoms with Gasteiger partial charge in [0, 0.05) is 12.6 Å². The second kappa shape index (κ2) is 6.21. The predicted molar refractivity (Wildman–Crippen MR) is 64.1 cm³/mol. The van der Waals surface area contributed by atoms with E-state index < -0.39 is 0 Å². The van der Waals surface area contributed by atoms with Crippen molar-refractivity contribution in [3.8, 4) is 0 Å². The number of hydrogen-bond acceptors (Lipinski definition) is 3. The molecule has 0 aliphatic heterocycles. The van der Waals surface area contributed by atoms with Crippen LogP contribution in [0.2, 0.25) is 0 Å². The lowest BCUT2D eigenvalue weighted by molar-refractivity contribution is -0.122. The highest BCUT2D eigenvalue weighted by Gasteiger charge is 2.28. The first-order valence-corrected chi connectivity index (χ1v) is 6.17. The van der Waals surface area contributed by atoms with Crippen LogP contribution in [0.4, 0.5) is 0 Å². The Morgan fingerprint density at radius 2 is 2.19 bits per heavy atom. The fourth-order valence-corrected chi connectivity index (χ4v) is 2.02. The maximum Gasteiger partial charge on any atom is 0.234 e. The number of carbonyl (C=O) groups excluding carboxylic acids is 1. The van der Waals surface area contributed by atoms with Crippen molar-refractivity contribution in [1.82, 2.24) is 10.2 Å². The fourth-order valence-electron chi connectivity index (χ4n) is 2.02. The Kier molecular flexibility index (Phi) is 5.22. The van der Waals surface area contributed by atoms with Crippen LogP contribution in [-0.4, -0.2) is 48.2 Å². The Morgan fingerprint density at radius 3 is 2.69 bits per heavy atom. The molecule has 0 saturated heterocycles. The van der Waals surface area contributed by atoms with Gasteiger partial charge in [0.05, 0.1) is 12.6 Å². The van der Waals surface area contributed by atoms with E-state index in [0.29, 0.717) is 12.5 Å². The summed E-state index contributed by atoms with van der Waals surface area (Å²) in [6.45, 7) is 5.44. The van der Waals surface area contributed by atoms with Crippen LogP contribution in [0.15, 0.2) is 0 Å². The molecular formula is C12H24N2O2. The van der Waals surface area contributed by atoms with E-state index in [4.69, 9.17) is 5.11 Å². The number of likely N-dealkylation sites (N-methyl/N-ethyl adjacent to an activating group) is 1. The normalized spacial score (nSPS) is 26.3. The van der Waals surface area contributed by atoms with E-state index in [1.807, 2.05) is 18.9 Å².